The van der Waals surface area contributed by atoms with Crippen LogP contribution in [0, 0.1) is 0 Å². The highest BCUT2D eigenvalue weighted by Crippen LogP contribution is 2.26. The second-order valence-electron chi connectivity index (χ2n) is 5.93. The van der Waals surface area contributed by atoms with Crippen molar-refractivity contribution < 1.29 is 0 Å². The van der Waals surface area contributed by atoms with Gasteiger partial charge in [0.25, 0.3) is 0 Å². The topological polar surface area (TPSA) is 28.7 Å². The Hall–Kier alpha value is -2.49. The van der Waals surface area contributed by atoms with Gasteiger partial charge in [-0.05, 0) is 34.9 Å². The monoisotopic (exact) mass is 376 g/mol. The van der Waals surface area contributed by atoms with Crippen molar-refractivity contribution in [3.63, 3.8) is 0 Å². The van der Waals surface area contributed by atoms with E-state index >= 15 is 0 Å². The van der Waals surface area contributed by atoms with E-state index in [4.69, 9.17) is 11.6 Å². The standard InChI is InChI=1S/C22H17ClN2S/c23-19-12-13-20-21(14-19)25-22(24-20)26-15-18-9-5-4-8-17(18)11-10-16-6-2-1-3-7-16/h1-14H,15H2,(H,24,25)/b11-10-. The number of nitrogens with zero attached hydrogens (tertiary/aromatic N) is 1. The van der Waals surface area contributed by atoms with Crippen LogP contribution in [0.25, 0.3) is 23.2 Å². The average molecular weight is 377 g/mol. The Bertz CT molecular complexity index is 1050. The molecule has 0 bridgehead atoms. The number of fused-ring (bicyclic) bond motifs is 1. The summed E-state index contributed by atoms with van der Waals surface area (Å²) in [4.78, 5) is 7.96. The first kappa shape index (κ1) is 17.0. The Morgan fingerprint density at radius 2 is 1.73 bits per heavy atom. The molecule has 4 heteroatoms. The molecule has 4 rings (SSSR count). The summed E-state index contributed by atoms with van der Waals surface area (Å²) in [6, 6.07) is 24.5. The van der Waals surface area contributed by atoms with Crippen LogP contribution in [0.3, 0.4) is 0 Å². The molecule has 0 atom stereocenters. The summed E-state index contributed by atoms with van der Waals surface area (Å²) in [7, 11) is 0. The Morgan fingerprint density at radius 1 is 0.923 bits per heavy atom. The van der Waals surface area contributed by atoms with E-state index in [0.717, 1.165) is 21.9 Å². The lowest BCUT2D eigenvalue weighted by Gasteiger charge is -2.04. The van der Waals surface area contributed by atoms with E-state index in [-0.39, 0.29) is 0 Å². The van der Waals surface area contributed by atoms with Crippen LogP contribution in [-0.4, -0.2) is 9.97 Å². The van der Waals surface area contributed by atoms with Gasteiger partial charge in [-0.3, -0.25) is 0 Å². The maximum atomic E-state index is 6.04. The fraction of sp³-hybridized carbons (Fsp3) is 0.0455. The molecule has 0 saturated carbocycles. The molecule has 0 unspecified atom stereocenters. The highest BCUT2D eigenvalue weighted by molar-refractivity contribution is 7.98. The number of halogens is 1. The van der Waals surface area contributed by atoms with Crippen LogP contribution in [0.5, 0.6) is 0 Å². The van der Waals surface area contributed by atoms with Crippen molar-refractivity contribution in [3.05, 3.63) is 94.5 Å². The minimum Gasteiger partial charge on any atom is -0.333 e. The third-order valence-corrected chi connectivity index (χ3v) is 5.25. The fourth-order valence-corrected chi connectivity index (χ4v) is 3.82. The largest absolute Gasteiger partial charge is 0.333 e. The Balaban J connectivity index is 1.52. The maximum Gasteiger partial charge on any atom is 0.166 e. The van der Waals surface area contributed by atoms with Crippen LogP contribution in [-0.2, 0) is 5.75 Å². The molecule has 4 aromatic rings. The first-order valence-corrected chi connectivity index (χ1v) is 9.73. The van der Waals surface area contributed by atoms with Crippen LogP contribution in [0.1, 0.15) is 16.7 Å². The van der Waals surface area contributed by atoms with E-state index in [9.17, 15) is 0 Å². The lowest BCUT2D eigenvalue weighted by Crippen LogP contribution is -1.86. The van der Waals surface area contributed by atoms with E-state index in [2.05, 4.69) is 70.7 Å². The number of imidazole rings is 1. The molecule has 0 radical (unpaired) electrons. The third kappa shape index (κ3) is 4.01. The number of rotatable bonds is 5. The van der Waals surface area contributed by atoms with Gasteiger partial charge < -0.3 is 4.98 Å². The highest BCUT2D eigenvalue weighted by Gasteiger charge is 2.06. The highest BCUT2D eigenvalue weighted by atomic mass is 35.5. The maximum absolute atomic E-state index is 6.04. The minimum absolute atomic E-state index is 0.717. The molecule has 26 heavy (non-hydrogen) atoms. The van der Waals surface area contributed by atoms with E-state index in [1.54, 1.807) is 11.8 Å². The predicted molar refractivity (Wildman–Crippen MR) is 112 cm³/mol. The fourth-order valence-electron chi connectivity index (χ4n) is 2.75. The van der Waals surface area contributed by atoms with E-state index < -0.39 is 0 Å². The van der Waals surface area contributed by atoms with Gasteiger partial charge in [0, 0.05) is 10.8 Å². The first-order chi connectivity index (χ1) is 12.8. The molecule has 1 aromatic heterocycles. The van der Waals surface area contributed by atoms with Crippen LogP contribution < -0.4 is 0 Å². The molecule has 3 aromatic carbocycles. The minimum atomic E-state index is 0.717. The molecule has 1 heterocycles. The van der Waals surface area contributed by atoms with Crippen LogP contribution in [0.4, 0.5) is 0 Å². The van der Waals surface area contributed by atoms with Crippen molar-refractivity contribution in [2.24, 2.45) is 0 Å². The van der Waals surface area contributed by atoms with Crippen molar-refractivity contribution in [3.8, 4) is 0 Å². The molecule has 128 valence electrons. The number of aromatic amines is 1. The zero-order valence-electron chi connectivity index (χ0n) is 14.0. The number of hydrogen-bond donors (Lipinski definition) is 1. The number of thioether (sulfide) groups is 1. The van der Waals surface area contributed by atoms with Gasteiger partial charge in [0.1, 0.15) is 0 Å². The van der Waals surface area contributed by atoms with Crippen molar-refractivity contribution in [2.75, 3.05) is 0 Å². The number of benzene rings is 3. The van der Waals surface area contributed by atoms with Crippen LogP contribution >= 0.6 is 23.4 Å². The van der Waals surface area contributed by atoms with Crippen molar-refractivity contribution in [1.82, 2.24) is 9.97 Å². The lowest BCUT2D eigenvalue weighted by molar-refractivity contribution is 1.08. The van der Waals surface area contributed by atoms with Gasteiger partial charge in [-0.15, -0.1) is 0 Å². The molecule has 0 amide bonds. The number of hydrogen-bond acceptors (Lipinski definition) is 2. The van der Waals surface area contributed by atoms with Crippen molar-refractivity contribution in [2.45, 2.75) is 10.9 Å². The second kappa shape index (κ2) is 7.81. The molecule has 0 saturated heterocycles. The summed E-state index contributed by atoms with van der Waals surface area (Å²) in [5, 5.41) is 1.62. The summed E-state index contributed by atoms with van der Waals surface area (Å²) in [6.45, 7) is 0. The summed E-state index contributed by atoms with van der Waals surface area (Å²) in [5.74, 6) is 0.850. The molecule has 0 fully saturated rings. The Labute approximate surface area is 161 Å². The van der Waals surface area contributed by atoms with Gasteiger partial charge in [0.15, 0.2) is 5.16 Å². The van der Waals surface area contributed by atoms with Gasteiger partial charge in [-0.2, -0.15) is 0 Å². The number of H-pyrrole nitrogens is 1. The molecule has 0 aliphatic carbocycles. The molecule has 0 aliphatic rings. The quantitative estimate of drug-likeness (QED) is 0.311. The second-order valence-corrected chi connectivity index (χ2v) is 7.34. The molecule has 1 N–H and O–H groups in total. The third-order valence-electron chi connectivity index (χ3n) is 4.10. The zero-order chi connectivity index (χ0) is 17.8. The number of nitrogens with one attached hydrogen (secondary N) is 1. The van der Waals surface area contributed by atoms with Gasteiger partial charge >= 0.3 is 0 Å². The Morgan fingerprint density at radius 3 is 2.62 bits per heavy atom. The summed E-state index contributed by atoms with van der Waals surface area (Å²) in [6.07, 6.45) is 4.32. The van der Waals surface area contributed by atoms with Gasteiger partial charge in [-0.25, -0.2) is 4.98 Å². The molecular weight excluding hydrogens is 360 g/mol. The molecule has 0 aliphatic heterocycles. The van der Waals surface area contributed by atoms with Crippen molar-refractivity contribution >= 4 is 46.5 Å². The number of aromatic nitrogens is 2. The van der Waals surface area contributed by atoms with Crippen LogP contribution in [0.15, 0.2) is 78.0 Å². The summed E-state index contributed by atoms with van der Waals surface area (Å²) in [5.41, 5.74) is 5.61. The van der Waals surface area contributed by atoms with Crippen molar-refractivity contribution in [1.29, 1.82) is 0 Å². The van der Waals surface area contributed by atoms with Crippen LogP contribution in [0.2, 0.25) is 5.02 Å². The molecule has 0 spiro atoms. The van der Waals surface area contributed by atoms with E-state index in [0.29, 0.717) is 5.02 Å². The van der Waals surface area contributed by atoms with Gasteiger partial charge in [0.2, 0.25) is 0 Å². The van der Waals surface area contributed by atoms with E-state index in [1.807, 2.05) is 24.3 Å². The predicted octanol–water partition coefficient (Wildman–Crippen LogP) is 6.68. The first-order valence-electron chi connectivity index (χ1n) is 8.37. The summed E-state index contributed by atoms with van der Waals surface area (Å²) < 4.78 is 0. The lowest BCUT2D eigenvalue weighted by atomic mass is 10.1. The zero-order valence-corrected chi connectivity index (χ0v) is 15.6. The Kier molecular flexibility index (Phi) is 5.09. The average Bonchev–Trinajstić information content (AvgIpc) is 3.08. The SMILES string of the molecule is Clc1ccc2nc(SCc3ccccc3/C=C\c3ccccc3)[nH]c2c1. The van der Waals surface area contributed by atoms with E-state index in [1.165, 1.54) is 16.7 Å². The molecular formula is C22H17ClN2S. The summed E-state index contributed by atoms with van der Waals surface area (Å²) >= 11 is 7.74. The normalized spacial score (nSPS) is 11.4. The van der Waals surface area contributed by atoms with Gasteiger partial charge in [0.05, 0.1) is 11.0 Å². The smallest absolute Gasteiger partial charge is 0.166 e. The molecule has 2 nitrogen and oxygen atoms in total. The van der Waals surface area contributed by atoms with Gasteiger partial charge in [-0.1, -0.05) is 90.1 Å².